The van der Waals surface area contributed by atoms with Crippen LogP contribution in [0, 0.1) is 0 Å². The Hall–Kier alpha value is -1.40. The van der Waals surface area contributed by atoms with Gasteiger partial charge in [0, 0.05) is 7.05 Å². The smallest absolute Gasteiger partial charge is 0.246 e. The van der Waals surface area contributed by atoms with Crippen molar-refractivity contribution in [2.24, 2.45) is 7.05 Å². The van der Waals surface area contributed by atoms with Gasteiger partial charge in [-0.25, -0.2) is 0 Å². The maximum Gasteiger partial charge on any atom is 0.246 e. The van der Waals surface area contributed by atoms with Gasteiger partial charge in [-0.2, -0.15) is 5.10 Å². The molecule has 2 amide bonds. The normalized spacial score (nSPS) is 19.8. The molecule has 1 atom stereocenters. The zero-order valence-electron chi connectivity index (χ0n) is 11.9. The van der Waals surface area contributed by atoms with E-state index in [1.54, 1.807) is 11.7 Å². The van der Waals surface area contributed by atoms with Gasteiger partial charge < -0.3 is 0 Å². The van der Waals surface area contributed by atoms with Crippen LogP contribution in [0.4, 0.5) is 0 Å². The Kier molecular flexibility index (Phi) is 4.45. The number of aryl methyl sites for hydroxylation is 2. The molecule has 0 aromatic carbocycles. The maximum atomic E-state index is 12.2. The van der Waals surface area contributed by atoms with Gasteiger partial charge >= 0.3 is 0 Å². The molecular weight excluding hydrogens is 280 g/mol. The number of imide groups is 1. The van der Waals surface area contributed by atoms with Crippen LogP contribution in [-0.2, 0) is 29.6 Å². The van der Waals surface area contributed by atoms with Crippen molar-refractivity contribution in [2.75, 3.05) is 6.54 Å². The van der Waals surface area contributed by atoms with Gasteiger partial charge in [0.05, 0.1) is 35.5 Å². The highest BCUT2D eigenvalue weighted by Crippen LogP contribution is 2.23. The monoisotopic (exact) mass is 298 g/mol. The first-order chi connectivity index (χ1) is 9.49. The molecule has 1 aromatic rings. The van der Waals surface area contributed by atoms with Gasteiger partial charge in [0.25, 0.3) is 0 Å². The number of piperazine rings is 1. The van der Waals surface area contributed by atoms with Crippen molar-refractivity contribution in [3.8, 4) is 0 Å². The zero-order valence-corrected chi connectivity index (χ0v) is 12.7. The van der Waals surface area contributed by atoms with E-state index in [9.17, 15) is 9.59 Å². The maximum absolute atomic E-state index is 12.2. The minimum atomic E-state index is -0.301. The molecule has 1 fully saturated rings. The van der Waals surface area contributed by atoms with Gasteiger partial charge in [-0.05, 0) is 12.8 Å². The highest BCUT2D eigenvalue weighted by Gasteiger charge is 2.34. The fourth-order valence-corrected chi connectivity index (χ4v) is 2.68. The number of hydrogen-bond donors (Lipinski definition) is 1. The first kappa shape index (κ1) is 15.0. The Bertz CT molecular complexity index is 541. The summed E-state index contributed by atoms with van der Waals surface area (Å²) in [5, 5.41) is 7.78. The van der Waals surface area contributed by atoms with E-state index in [0.29, 0.717) is 23.6 Å². The first-order valence-corrected chi connectivity index (χ1v) is 7.15. The first-order valence-electron chi connectivity index (χ1n) is 6.77. The zero-order chi connectivity index (χ0) is 14.9. The highest BCUT2D eigenvalue weighted by molar-refractivity contribution is 6.32. The molecule has 0 saturated carbocycles. The number of rotatable bonds is 4. The van der Waals surface area contributed by atoms with Crippen LogP contribution in [0.25, 0.3) is 0 Å². The minimum absolute atomic E-state index is 0.179. The van der Waals surface area contributed by atoms with Crippen molar-refractivity contribution in [1.82, 2.24) is 20.0 Å². The molecule has 1 saturated heterocycles. The van der Waals surface area contributed by atoms with Crippen molar-refractivity contribution < 1.29 is 9.59 Å². The van der Waals surface area contributed by atoms with Crippen LogP contribution in [0.3, 0.4) is 0 Å². The molecule has 0 aliphatic carbocycles. The summed E-state index contributed by atoms with van der Waals surface area (Å²) < 4.78 is 1.64. The average molecular weight is 299 g/mol. The molecule has 1 aliphatic heterocycles. The summed E-state index contributed by atoms with van der Waals surface area (Å²) in [4.78, 5) is 25.5. The van der Waals surface area contributed by atoms with E-state index in [1.807, 2.05) is 13.8 Å². The Morgan fingerprint density at radius 3 is 2.65 bits per heavy atom. The summed E-state index contributed by atoms with van der Waals surface area (Å²) in [5.41, 5.74) is 1.48. The second-order valence-corrected chi connectivity index (χ2v) is 5.22. The number of halogens is 1. The Morgan fingerprint density at radius 1 is 1.40 bits per heavy atom. The summed E-state index contributed by atoms with van der Waals surface area (Å²) in [6, 6.07) is -0.301. The van der Waals surface area contributed by atoms with Crippen molar-refractivity contribution in [2.45, 2.75) is 39.3 Å². The van der Waals surface area contributed by atoms with Gasteiger partial charge in [0.15, 0.2) is 0 Å². The number of aromatic nitrogens is 2. The lowest BCUT2D eigenvalue weighted by molar-refractivity contribution is -0.150. The Labute approximate surface area is 123 Å². The summed E-state index contributed by atoms with van der Waals surface area (Å²) in [6.07, 6.45) is 1.37. The number of nitrogens with zero attached hydrogens (tertiary/aromatic N) is 3. The van der Waals surface area contributed by atoms with Crippen LogP contribution in [-0.4, -0.2) is 39.1 Å². The van der Waals surface area contributed by atoms with E-state index in [0.717, 1.165) is 5.69 Å². The van der Waals surface area contributed by atoms with Crippen molar-refractivity contribution in [3.63, 3.8) is 0 Å². The molecule has 1 unspecified atom stereocenters. The molecule has 1 aromatic heterocycles. The SMILES string of the molecule is CCc1nn(C)c(CN2C(=O)CNC(CC)C2=O)c1Cl. The fraction of sp³-hybridized carbons (Fsp3) is 0.615. The number of nitrogens with one attached hydrogen (secondary N) is 1. The van der Waals surface area contributed by atoms with Crippen LogP contribution < -0.4 is 5.32 Å². The number of amides is 2. The summed E-state index contributed by atoms with van der Waals surface area (Å²) in [5.74, 6) is -0.422. The quantitative estimate of drug-likeness (QED) is 0.838. The Balaban J connectivity index is 2.26. The third-order valence-corrected chi connectivity index (χ3v) is 4.02. The second-order valence-electron chi connectivity index (χ2n) is 4.84. The third-order valence-electron chi connectivity index (χ3n) is 3.58. The number of carbonyl (C=O) groups excluding carboxylic acids is 2. The van der Waals surface area contributed by atoms with Gasteiger partial charge in [-0.3, -0.25) is 24.5 Å². The largest absolute Gasteiger partial charge is 0.297 e. The average Bonchev–Trinajstić information content (AvgIpc) is 2.70. The van der Waals surface area contributed by atoms with E-state index in [4.69, 9.17) is 11.6 Å². The summed E-state index contributed by atoms with van der Waals surface area (Å²) >= 11 is 6.27. The molecule has 2 heterocycles. The van der Waals surface area contributed by atoms with Crippen LogP contribution in [0.5, 0.6) is 0 Å². The number of hydrogen-bond acceptors (Lipinski definition) is 4. The van der Waals surface area contributed by atoms with Crippen molar-refractivity contribution in [1.29, 1.82) is 0 Å². The van der Waals surface area contributed by atoms with Gasteiger partial charge in [-0.15, -0.1) is 0 Å². The van der Waals surface area contributed by atoms with E-state index >= 15 is 0 Å². The molecule has 6 nitrogen and oxygen atoms in total. The van der Waals surface area contributed by atoms with Crippen LogP contribution in [0.2, 0.25) is 5.02 Å². The summed E-state index contributed by atoms with van der Waals surface area (Å²) in [7, 11) is 1.77. The van der Waals surface area contributed by atoms with E-state index in [-0.39, 0.29) is 30.9 Å². The fourth-order valence-electron chi connectivity index (χ4n) is 2.33. The predicted octanol–water partition coefficient (Wildman–Crippen LogP) is 0.873. The molecule has 0 spiro atoms. The molecule has 1 N–H and O–H groups in total. The van der Waals surface area contributed by atoms with E-state index in [1.165, 1.54) is 4.90 Å². The summed E-state index contributed by atoms with van der Waals surface area (Å²) in [6.45, 7) is 4.24. The van der Waals surface area contributed by atoms with E-state index in [2.05, 4.69) is 10.4 Å². The molecule has 0 radical (unpaired) electrons. The molecule has 20 heavy (non-hydrogen) atoms. The highest BCUT2D eigenvalue weighted by atomic mass is 35.5. The Morgan fingerprint density at radius 2 is 2.10 bits per heavy atom. The molecule has 110 valence electrons. The van der Waals surface area contributed by atoms with Crippen molar-refractivity contribution >= 4 is 23.4 Å². The molecule has 7 heteroatoms. The molecular formula is C13H19ClN4O2. The number of carbonyl (C=O) groups is 2. The molecule has 2 rings (SSSR count). The minimum Gasteiger partial charge on any atom is -0.297 e. The molecule has 1 aliphatic rings. The lowest BCUT2D eigenvalue weighted by atomic mass is 10.1. The van der Waals surface area contributed by atoms with Crippen LogP contribution >= 0.6 is 11.6 Å². The van der Waals surface area contributed by atoms with Crippen LogP contribution in [0.1, 0.15) is 31.7 Å². The molecule has 0 bridgehead atoms. The van der Waals surface area contributed by atoms with Gasteiger partial charge in [0.2, 0.25) is 11.8 Å². The lowest BCUT2D eigenvalue weighted by Gasteiger charge is -2.31. The van der Waals surface area contributed by atoms with Gasteiger partial charge in [0.1, 0.15) is 0 Å². The second kappa shape index (κ2) is 5.93. The lowest BCUT2D eigenvalue weighted by Crippen LogP contribution is -2.57. The topological polar surface area (TPSA) is 67.2 Å². The third kappa shape index (κ3) is 2.58. The predicted molar refractivity (Wildman–Crippen MR) is 75.2 cm³/mol. The van der Waals surface area contributed by atoms with Gasteiger partial charge in [-0.1, -0.05) is 25.4 Å². The van der Waals surface area contributed by atoms with Crippen molar-refractivity contribution in [3.05, 3.63) is 16.4 Å². The van der Waals surface area contributed by atoms with E-state index < -0.39 is 0 Å². The van der Waals surface area contributed by atoms with Crippen LogP contribution in [0.15, 0.2) is 0 Å². The standard InChI is InChI=1S/C13H19ClN4O2/c1-4-8-12(14)10(17(3)16-8)7-18-11(19)6-15-9(5-2)13(18)20/h9,15H,4-7H2,1-3H3.